The van der Waals surface area contributed by atoms with Crippen molar-refractivity contribution in [3.05, 3.63) is 52.8 Å². The highest BCUT2D eigenvalue weighted by molar-refractivity contribution is 6.33. The minimum Gasteiger partial charge on any atom is -0.474 e. The van der Waals surface area contributed by atoms with Gasteiger partial charge in [-0.15, -0.1) is 0 Å². The molecule has 2 heterocycles. The molecule has 33 heavy (non-hydrogen) atoms. The number of nitrogens with zero attached hydrogens (tertiary/aromatic N) is 3. The summed E-state index contributed by atoms with van der Waals surface area (Å²) in [5.74, 6) is 0.196. The molecule has 4 rings (SSSR count). The van der Waals surface area contributed by atoms with Gasteiger partial charge in [-0.25, -0.2) is 4.39 Å². The van der Waals surface area contributed by atoms with Crippen molar-refractivity contribution in [2.24, 2.45) is 5.41 Å². The van der Waals surface area contributed by atoms with Gasteiger partial charge in [-0.3, -0.25) is 4.79 Å². The van der Waals surface area contributed by atoms with Gasteiger partial charge in [-0.2, -0.15) is 5.26 Å². The van der Waals surface area contributed by atoms with E-state index in [0.717, 1.165) is 16.9 Å². The molecule has 0 aliphatic carbocycles. The van der Waals surface area contributed by atoms with Gasteiger partial charge >= 0.3 is 0 Å². The summed E-state index contributed by atoms with van der Waals surface area (Å²) in [5.41, 5.74) is 0.874. The maximum absolute atomic E-state index is 13.5. The summed E-state index contributed by atoms with van der Waals surface area (Å²) in [4.78, 5) is 17.1. The summed E-state index contributed by atoms with van der Waals surface area (Å²) >= 11 is 6.36. The van der Waals surface area contributed by atoms with Crippen molar-refractivity contribution < 1.29 is 13.9 Å². The minimum atomic E-state index is -1.06. The molecule has 174 valence electrons. The third kappa shape index (κ3) is 4.58. The molecule has 0 radical (unpaired) electrons. The molecule has 1 atom stereocenters. The number of ether oxygens (including phenoxy) is 1. The number of piperidine rings is 1. The maximum atomic E-state index is 13.5. The average molecular weight is 471 g/mol. The molecule has 0 saturated carbocycles. The van der Waals surface area contributed by atoms with Gasteiger partial charge in [0.25, 0.3) is 5.91 Å². The molecule has 0 aromatic heterocycles. The standard InChI is InChI=1S/C25H28ClFN4O2/c1-24(16-29-20-12-19(26)21(30(2)3)13-22(20)33-24)23(32)31-10-8-25(15-28,9-11-31)14-17-4-6-18(27)7-5-17/h4-7,12-13,29H,8-11,14,16H2,1-3H3. The zero-order chi connectivity index (χ0) is 23.8. The zero-order valence-corrected chi connectivity index (χ0v) is 19.9. The van der Waals surface area contributed by atoms with Crippen LogP contribution >= 0.6 is 11.6 Å². The van der Waals surface area contributed by atoms with Crippen LogP contribution in [0.3, 0.4) is 0 Å². The van der Waals surface area contributed by atoms with E-state index in [9.17, 15) is 14.4 Å². The number of likely N-dealkylation sites (tertiary alicyclic amines) is 1. The van der Waals surface area contributed by atoms with Crippen LogP contribution in [0, 0.1) is 22.6 Å². The predicted octanol–water partition coefficient (Wildman–Crippen LogP) is 4.48. The lowest BCUT2D eigenvalue weighted by Gasteiger charge is -2.43. The first-order chi connectivity index (χ1) is 15.6. The highest BCUT2D eigenvalue weighted by Gasteiger charge is 2.45. The van der Waals surface area contributed by atoms with Gasteiger partial charge in [0.1, 0.15) is 11.6 Å². The molecule has 2 aliphatic rings. The molecular formula is C25H28ClFN4O2. The van der Waals surface area contributed by atoms with E-state index in [2.05, 4.69) is 11.4 Å². The number of anilines is 2. The Labute approximate surface area is 198 Å². The van der Waals surface area contributed by atoms with Gasteiger partial charge < -0.3 is 19.9 Å². The predicted molar refractivity (Wildman–Crippen MR) is 127 cm³/mol. The van der Waals surface area contributed by atoms with Crippen molar-refractivity contribution in [2.75, 3.05) is 43.9 Å². The first-order valence-electron chi connectivity index (χ1n) is 11.0. The molecule has 6 nitrogen and oxygen atoms in total. The zero-order valence-electron chi connectivity index (χ0n) is 19.1. The first kappa shape index (κ1) is 23.2. The fourth-order valence-corrected chi connectivity index (χ4v) is 4.90. The third-order valence-corrected chi connectivity index (χ3v) is 6.94. The molecule has 1 N–H and O–H groups in total. The van der Waals surface area contributed by atoms with Crippen molar-refractivity contribution in [3.63, 3.8) is 0 Å². The van der Waals surface area contributed by atoms with Crippen LogP contribution in [0.1, 0.15) is 25.3 Å². The average Bonchev–Trinajstić information content (AvgIpc) is 2.80. The SMILES string of the molecule is CN(C)c1cc2c(cc1Cl)NCC(C)(C(=O)N1CCC(C#N)(Cc3ccc(F)cc3)CC1)O2. The Kier molecular flexibility index (Phi) is 6.15. The Morgan fingerprint density at radius 3 is 2.55 bits per heavy atom. The second-order valence-corrected chi connectivity index (χ2v) is 9.78. The number of fused-ring (bicyclic) bond motifs is 1. The fourth-order valence-electron chi connectivity index (χ4n) is 4.56. The summed E-state index contributed by atoms with van der Waals surface area (Å²) in [5, 5.41) is 13.8. The van der Waals surface area contributed by atoms with Crippen LogP contribution in [0.25, 0.3) is 0 Å². The van der Waals surface area contributed by atoms with Gasteiger partial charge in [0.15, 0.2) is 0 Å². The van der Waals surface area contributed by atoms with E-state index in [1.54, 1.807) is 24.0 Å². The number of benzene rings is 2. The lowest BCUT2D eigenvalue weighted by molar-refractivity contribution is -0.148. The second-order valence-electron chi connectivity index (χ2n) is 9.37. The molecule has 1 amide bonds. The number of halogens is 2. The van der Waals surface area contributed by atoms with Crippen LogP contribution in [-0.2, 0) is 11.2 Å². The second kappa shape index (κ2) is 8.75. The lowest BCUT2D eigenvalue weighted by Crippen LogP contribution is -2.58. The van der Waals surface area contributed by atoms with E-state index in [1.165, 1.54) is 12.1 Å². The van der Waals surface area contributed by atoms with Crippen LogP contribution in [0.5, 0.6) is 5.75 Å². The molecule has 1 unspecified atom stereocenters. The minimum absolute atomic E-state index is 0.102. The smallest absolute Gasteiger partial charge is 0.268 e. The quantitative estimate of drug-likeness (QED) is 0.713. The molecule has 2 aromatic rings. The maximum Gasteiger partial charge on any atom is 0.268 e. The molecule has 8 heteroatoms. The number of nitriles is 1. The molecule has 2 aromatic carbocycles. The van der Waals surface area contributed by atoms with Crippen molar-refractivity contribution in [2.45, 2.75) is 31.8 Å². The Hall–Kier alpha value is -2.98. The lowest BCUT2D eigenvalue weighted by atomic mass is 9.75. The van der Waals surface area contributed by atoms with Crippen LogP contribution in [0.4, 0.5) is 15.8 Å². The summed E-state index contributed by atoms with van der Waals surface area (Å²) in [7, 11) is 3.80. The third-order valence-electron chi connectivity index (χ3n) is 6.64. The van der Waals surface area contributed by atoms with Crippen molar-refractivity contribution in [1.29, 1.82) is 5.26 Å². The number of nitrogens with one attached hydrogen (secondary N) is 1. The molecule has 1 fully saturated rings. The van der Waals surface area contributed by atoms with E-state index in [4.69, 9.17) is 16.3 Å². The highest BCUT2D eigenvalue weighted by atomic mass is 35.5. The van der Waals surface area contributed by atoms with E-state index in [1.807, 2.05) is 31.1 Å². The van der Waals surface area contributed by atoms with Gasteiger partial charge in [0.2, 0.25) is 5.60 Å². The summed E-state index contributed by atoms with van der Waals surface area (Å²) in [6, 6.07) is 12.4. The normalized spacial score (nSPS) is 21.3. The van der Waals surface area contributed by atoms with Crippen LogP contribution in [0.2, 0.25) is 5.02 Å². The van der Waals surface area contributed by atoms with Gasteiger partial charge in [-0.05, 0) is 49.9 Å². The molecule has 0 bridgehead atoms. The largest absolute Gasteiger partial charge is 0.474 e. The topological polar surface area (TPSA) is 68.6 Å². The summed E-state index contributed by atoms with van der Waals surface area (Å²) < 4.78 is 19.5. The summed E-state index contributed by atoms with van der Waals surface area (Å²) in [6.45, 7) is 3.07. The van der Waals surface area contributed by atoms with E-state index < -0.39 is 11.0 Å². The van der Waals surface area contributed by atoms with Crippen molar-refractivity contribution in [3.8, 4) is 11.8 Å². The Bertz CT molecular complexity index is 1090. The number of amides is 1. The van der Waals surface area contributed by atoms with Crippen LogP contribution in [0.15, 0.2) is 36.4 Å². The van der Waals surface area contributed by atoms with E-state index in [-0.39, 0.29) is 11.7 Å². The Morgan fingerprint density at radius 2 is 1.94 bits per heavy atom. The van der Waals surface area contributed by atoms with Gasteiger partial charge in [0.05, 0.1) is 34.4 Å². The van der Waals surface area contributed by atoms with E-state index in [0.29, 0.717) is 49.7 Å². The van der Waals surface area contributed by atoms with Crippen LogP contribution < -0.4 is 15.0 Å². The number of rotatable bonds is 4. The first-order valence-corrected chi connectivity index (χ1v) is 11.4. The molecular weight excluding hydrogens is 443 g/mol. The van der Waals surface area contributed by atoms with Crippen molar-refractivity contribution >= 4 is 28.9 Å². The van der Waals surface area contributed by atoms with Gasteiger partial charge in [0, 0.05) is 33.3 Å². The molecule has 0 spiro atoms. The van der Waals surface area contributed by atoms with Crippen LogP contribution in [-0.4, -0.2) is 50.1 Å². The fraction of sp³-hybridized carbons (Fsp3) is 0.440. The molecule has 2 aliphatic heterocycles. The monoisotopic (exact) mass is 470 g/mol. The highest BCUT2D eigenvalue weighted by Crippen LogP contribution is 2.41. The number of hydrogen-bond donors (Lipinski definition) is 1. The van der Waals surface area contributed by atoms with Gasteiger partial charge in [-0.1, -0.05) is 23.7 Å². The number of hydrogen-bond acceptors (Lipinski definition) is 5. The van der Waals surface area contributed by atoms with Crippen molar-refractivity contribution in [1.82, 2.24) is 4.90 Å². The number of carbonyl (C=O) groups excluding carboxylic acids is 1. The Morgan fingerprint density at radius 1 is 1.27 bits per heavy atom. The Balaban J connectivity index is 1.45. The molecule has 1 saturated heterocycles. The van der Waals surface area contributed by atoms with E-state index >= 15 is 0 Å². The number of carbonyl (C=O) groups is 1. The summed E-state index contributed by atoms with van der Waals surface area (Å²) in [6.07, 6.45) is 1.67.